The Morgan fingerprint density at radius 1 is 1.39 bits per heavy atom. The van der Waals surface area contributed by atoms with Crippen molar-refractivity contribution in [3.8, 4) is 0 Å². The van der Waals surface area contributed by atoms with Crippen LogP contribution in [-0.2, 0) is 16.1 Å². The highest BCUT2D eigenvalue weighted by Gasteiger charge is 2.37. The summed E-state index contributed by atoms with van der Waals surface area (Å²) in [5, 5.41) is 9.45. The number of aliphatic carboxylic acids is 1. The minimum Gasteiger partial charge on any atom is -0.480 e. The molecule has 2 heterocycles. The van der Waals surface area contributed by atoms with Gasteiger partial charge in [0.2, 0.25) is 0 Å². The number of piperazine rings is 1. The van der Waals surface area contributed by atoms with E-state index in [-0.39, 0.29) is 6.54 Å². The fourth-order valence-corrected chi connectivity index (χ4v) is 2.48. The van der Waals surface area contributed by atoms with E-state index in [1.807, 2.05) is 17.0 Å². The normalized spacial score (nSPS) is 19.4. The molecule has 126 valence electrons. The Hall–Kier alpha value is -2.15. The minimum atomic E-state index is -1.02. The fraction of sp³-hybridized carbons (Fsp3) is 0.562. The van der Waals surface area contributed by atoms with Crippen LogP contribution in [0.2, 0.25) is 0 Å². The molecule has 0 saturated carbocycles. The lowest BCUT2D eigenvalue weighted by molar-refractivity contribution is -0.145. The van der Waals surface area contributed by atoms with Crippen LogP contribution in [0.3, 0.4) is 0 Å². The van der Waals surface area contributed by atoms with E-state index >= 15 is 0 Å². The summed E-state index contributed by atoms with van der Waals surface area (Å²) in [7, 11) is 0. The number of amides is 1. The first kappa shape index (κ1) is 17.2. The van der Waals surface area contributed by atoms with Gasteiger partial charge in [0.05, 0.1) is 0 Å². The highest BCUT2D eigenvalue weighted by atomic mass is 16.6. The van der Waals surface area contributed by atoms with Crippen LogP contribution in [0.15, 0.2) is 24.5 Å². The molecule has 1 aromatic rings. The number of aromatic nitrogens is 1. The van der Waals surface area contributed by atoms with E-state index in [1.165, 1.54) is 4.90 Å². The Morgan fingerprint density at radius 3 is 2.70 bits per heavy atom. The van der Waals surface area contributed by atoms with Gasteiger partial charge >= 0.3 is 12.1 Å². The summed E-state index contributed by atoms with van der Waals surface area (Å²) in [6, 6.07) is 2.89. The zero-order valence-corrected chi connectivity index (χ0v) is 13.7. The second kappa shape index (κ2) is 6.95. The van der Waals surface area contributed by atoms with E-state index < -0.39 is 23.7 Å². The van der Waals surface area contributed by atoms with E-state index in [1.54, 1.807) is 33.2 Å². The van der Waals surface area contributed by atoms with Crippen LogP contribution in [0.5, 0.6) is 0 Å². The molecule has 0 unspecified atom stereocenters. The van der Waals surface area contributed by atoms with Crippen molar-refractivity contribution in [2.24, 2.45) is 0 Å². The lowest BCUT2D eigenvalue weighted by Gasteiger charge is -2.39. The average Bonchev–Trinajstić information content (AvgIpc) is 2.46. The van der Waals surface area contributed by atoms with Gasteiger partial charge in [-0.25, -0.2) is 9.59 Å². The Balaban J connectivity index is 2.03. The summed E-state index contributed by atoms with van der Waals surface area (Å²) in [6.07, 6.45) is 2.88. The molecule has 1 aliphatic rings. The number of ether oxygens (including phenoxy) is 1. The van der Waals surface area contributed by atoms with Crippen LogP contribution in [0.1, 0.15) is 26.3 Å². The lowest BCUT2D eigenvalue weighted by atomic mass is 10.1. The summed E-state index contributed by atoms with van der Waals surface area (Å²) in [4.78, 5) is 31.1. The summed E-state index contributed by atoms with van der Waals surface area (Å²) < 4.78 is 5.31. The maximum absolute atomic E-state index is 12.2. The van der Waals surface area contributed by atoms with Gasteiger partial charge in [-0.2, -0.15) is 0 Å². The van der Waals surface area contributed by atoms with Gasteiger partial charge in [0.15, 0.2) is 0 Å². The first-order valence-electron chi connectivity index (χ1n) is 7.60. The number of carbonyl (C=O) groups is 2. The largest absolute Gasteiger partial charge is 0.480 e. The third-order valence-corrected chi connectivity index (χ3v) is 3.51. The molecule has 7 nitrogen and oxygen atoms in total. The number of hydrogen-bond donors (Lipinski definition) is 1. The number of carbonyl (C=O) groups excluding carboxylic acids is 1. The van der Waals surface area contributed by atoms with Gasteiger partial charge < -0.3 is 9.84 Å². The third kappa shape index (κ3) is 4.92. The Labute approximate surface area is 135 Å². The predicted molar refractivity (Wildman–Crippen MR) is 83.9 cm³/mol. The lowest BCUT2D eigenvalue weighted by Crippen LogP contribution is -2.58. The topological polar surface area (TPSA) is 83.0 Å². The van der Waals surface area contributed by atoms with E-state index in [9.17, 15) is 14.7 Å². The molecule has 0 aromatic carbocycles. The zero-order chi connectivity index (χ0) is 17.0. The molecule has 2 rings (SSSR count). The van der Waals surface area contributed by atoms with Gasteiger partial charge in [-0.3, -0.25) is 14.8 Å². The molecule has 1 aliphatic heterocycles. The van der Waals surface area contributed by atoms with Gasteiger partial charge in [-0.15, -0.1) is 0 Å². The van der Waals surface area contributed by atoms with Crippen molar-refractivity contribution < 1.29 is 19.4 Å². The summed E-state index contributed by atoms with van der Waals surface area (Å²) in [5.74, 6) is -1.02. The van der Waals surface area contributed by atoms with Crippen molar-refractivity contribution in [2.45, 2.75) is 39.0 Å². The van der Waals surface area contributed by atoms with Gasteiger partial charge in [-0.05, 0) is 32.4 Å². The average molecular weight is 321 g/mol. The molecule has 0 aliphatic carbocycles. The molecular formula is C16H23N3O4. The number of rotatable bonds is 3. The minimum absolute atomic E-state index is 0.267. The molecule has 1 aromatic heterocycles. The monoisotopic (exact) mass is 321 g/mol. The van der Waals surface area contributed by atoms with Crippen LogP contribution >= 0.6 is 0 Å². The molecule has 1 amide bonds. The molecule has 1 saturated heterocycles. The van der Waals surface area contributed by atoms with E-state index in [2.05, 4.69) is 4.98 Å². The number of hydrogen-bond acceptors (Lipinski definition) is 5. The summed E-state index contributed by atoms with van der Waals surface area (Å²) in [6.45, 7) is 7.09. The van der Waals surface area contributed by atoms with Gasteiger partial charge in [0.25, 0.3) is 0 Å². The third-order valence-electron chi connectivity index (χ3n) is 3.51. The van der Waals surface area contributed by atoms with Crippen LogP contribution in [0.4, 0.5) is 4.79 Å². The van der Waals surface area contributed by atoms with Crippen molar-refractivity contribution in [3.63, 3.8) is 0 Å². The van der Waals surface area contributed by atoms with Crippen molar-refractivity contribution in [2.75, 3.05) is 19.6 Å². The number of carboxylic acid groups (broad SMARTS) is 1. The van der Waals surface area contributed by atoms with Crippen LogP contribution < -0.4 is 0 Å². The molecule has 0 bridgehead atoms. The van der Waals surface area contributed by atoms with E-state index in [0.717, 1.165) is 5.56 Å². The molecular weight excluding hydrogens is 298 g/mol. The Kier molecular flexibility index (Phi) is 5.20. The molecule has 1 atom stereocenters. The molecule has 7 heteroatoms. The zero-order valence-electron chi connectivity index (χ0n) is 13.7. The van der Waals surface area contributed by atoms with Gasteiger partial charge in [0, 0.05) is 38.6 Å². The van der Waals surface area contributed by atoms with Crippen molar-refractivity contribution in [1.82, 2.24) is 14.8 Å². The molecule has 23 heavy (non-hydrogen) atoms. The molecule has 0 spiro atoms. The Morgan fingerprint density at radius 2 is 2.13 bits per heavy atom. The maximum Gasteiger partial charge on any atom is 0.411 e. The summed E-state index contributed by atoms with van der Waals surface area (Å²) in [5.41, 5.74) is 0.370. The van der Waals surface area contributed by atoms with Gasteiger partial charge in [0.1, 0.15) is 11.6 Å². The first-order chi connectivity index (χ1) is 10.8. The van der Waals surface area contributed by atoms with Crippen molar-refractivity contribution in [1.29, 1.82) is 0 Å². The molecule has 1 fully saturated rings. The quantitative estimate of drug-likeness (QED) is 0.910. The molecule has 1 N–H and O–H groups in total. The van der Waals surface area contributed by atoms with E-state index in [4.69, 9.17) is 4.74 Å². The number of carboxylic acids is 1. The van der Waals surface area contributed by atoms with Gasteiger partial charge in [-0.1, -0.05) is 6.07 Å². The highest BCUT2D eigenvalue weighted by molar-refractivity contribution is 5.80. The van der Waals surface area contributed by atoms with Crippen molar-refractivity contribution in [3.05, 3.63) is 30.1 Å². The maximum atomic E-state index is 12.2. The SMILES string of the molecule is CC(C)(C)OC(=O)N1CCN(Cc2cccnc2)C[C@H]1C(=O)O. The summed E-state index contributed by atoms with van der Waals surface area (Å²) >= 11 is 0. The fourth-order valence-electron chi connectivity index (χ4n) is 2.48. The smallest absolute Gasteiger partial charge is 0.411 e. The second-order valence-corrected chi connectivity index (χ2v) is 6.62. The first-order valence-corrected chi connectivity index (χ1v) is 7.60. The number of pyridine rings is 1. The van der Waals surface area contributed by atoms with Crippen LogP contribution in [-0.4, -0.2) is 63.2 Å². The highest BCUT2D eigenvalue weighted by Crippen LogP contribution is 2.17. The standard InChI is InChI=1S/C16H23N3O4/c1-16(2,3)23-15(22)19-8-7-18(11-13(19)14(20)21)10-12-5-4-6-17-9-12/h4-6,9,13H,7-8,10-11H2,1-3H3,(H,20,21)/t13-/m0/s1. The second-order valence-electron chi connectivity index (χ2n) is 6.62. The van der Waals surface area contributed by atoms with Crippen LogP contribution in [0.25, 0.3) is 0 Å². The predicted octanol–water partition coefficient (Wildman–Crippen LogP) is 1.59. The van der Waals surface area contributed by atoms with Crippen LogP contribution in [0, 0.1) is 0 Å². The van der Waals surface area contributed by atoms with E-state index in [0.29, 0.717) is 19.6 Å². The van der Waals surface area contributed by atoms with Crippen molar-refractivity contribution >= 4 is 12.1 Å². The Bertz CT molecular complexity index is 556. The molecule has 0 radical (unpaired) electrons. The number of nitrogens with zero attached hydrogens (tertiary/aromatic N) is 3.